The molecule has 0 aromatic heterocycles. The minimum Gasteiger partial charge on any atom is -0.338 e. The maximum Gasteiger partial charge on any atom is 0.223 e. The SMILES string of the molecule is CC(C)CN1CC(CN2CCC3(CC2)CC(=O)N(Cc2ccc(S(C)(=O)=O)cc2)C3)C(c2ccccc2)C1. The maximum absolute atomic E-state index is 13.0. The summed E-state index contributed by atoms with van der Waals surface area (Å²) in [6.07, 6.45) is 4.00. The molecule has 0 radical (unpaired) electrons. The highest BCUT2D eigenvalue weighted by Crippen LogP contribution is 2.42. The molecule has 1 amide bonds. The number of nitrogens with zero attached hydrogens (tertiary/aromatic N) is 3. The molecule has 38 heavy (non-hydrogen) atoms. The Hall–Kier alpha value is -2.22. The highest BCUT2D eigenvalue weighted by molar-refractivity contribution is 7.90. The summed E-state index contributed by atoms with van der Waals surface area (Å²) < 4.78 is 23.5. The minimum atomic E-state index is -3.21. The average molecular weight is 538 g/mol. The van der Waals surface area contributed by atoms with Gasteiger partial charge in [-0.15, -0.1) is 0 Å². The third kappa shape index (κ3) is 6.32. The number of rotatable bonds is 8. The van der Waals surface area contributed by atoms with Crippen molar-refractivity contribution in [2.45, 2.75) is 50.5 Å². The fraction of sp³-hybridized carbons (Fsp3) is 0.581. The summed E-state index contributed by atoms with van der Waals surface area (Å²) in [5, 5.41) is 0. The second-order valence-electron chi connectivity index (χ2n) is 12.5. The van der Waals surface area contributed by atoms with Crippen LogP contribution in [0.5, 0.6) is 0 Å². The quantitative estimate of drug-likeness (QED) is 0.503. The predicted octanol–water partition coefficient (Wildman–Crippen LogP) is 4.28. The Morgan fingerprint density at radius 1 is 0.947 bits per heavy atom. The molecule has 3 aliphatic heterocycles. The van der Waals surface area contributed by atoms with Gasteiger partial charge in [-0.2, -0.15) is 0 Å². The van der Waals surface area contributed by atoms with E-state index in [9.17, 15) is 13.2 Å². The Labute approximate surface area is 228 Å². The van der Waals surface area contributed by atoms with Crippen LogP contribution in [0.25, 0.3) is 0 Å². The second-order valence-corrected chi connectivity index (χ2v) is 14.5. The monoisotopic (exact) mass is 537 g/mol. The van der Waals surface area contributed by atoms with E-state index in [-0.39, 0.29) is 11.3 Å². The van der Waals surface area contributed by atoms with Crippen molar-refractivity contribution in [2.75, 3.05) is 52.1 Å². The largest absolute Gasteiger partial charge is 0.338 e. The van der Waals surface area contributed by atoms with Crippen molar-refractivity contribution in [1.82, 2.24) is 14.7 Å². The van der Waals surface area contributed by atoms with Crippen molar-refractivity contribution >= 4 is 15.7 Å². The van der Waals surface area contributed by atoms with E-state index in [4.69, 9.17) is 0 Å². The van der Waals surface area contributed by atoms with Crippen LogP contribution >= 0.6 is 0 Å². The van der Waals surface area contributed by atoms with E-state index >= 15 is 0 Å². The van der Waals surface area contributed by atoms with Crippen LogP contribution in [-0.4, -0.2) is 81.1 Å². The molecule has 0 bridgehead atoms. The summed E-state index contributed by atoms with van der Waals surface area (Å²) >= 11 is 0. The molecule has 0 saturated carbocycles. The van der Waals surface area contributed by atoms with E-state index in [1.165, 1.54) is 18.4 Å². The first-order valence-electron chi connectivity index (χ1n) is 14.2. The van der Waals surface area contributed by atoms with Gasteiger partial charge in [0.2, 0.25) is 5.91 Å². The third-order valence-electron chi connectivity index (χ3n) is 8.91. The third-order valence-corrected chi connectivity index (χ3v) is 10.0. The number of benzene rings is 2. The maximum atomic E-state index is 13.0. The van der Waals surface area contributed by atoms with E-state index < -0.39 is 9.84 Å². The molecular weight excluding hydrogens is 494 g/mol. The molecular formula is C31H43N3O3S. The van der Waals surface area contributed by atoms with E-state index in [0.717, 1.165) is 57.7 Å². The lowest BCUT2D eigenvalue weighted by Crippen LogP contribution is -2.44. The molecule has 1 spiro atoms. The van der Waals surface area contributed by atoms with E-state index in [0.29, 0.717) is 35.6 Å². The highest BCUT2D eigenvalue weighted by Gasteiger charge is 2.45. The van der Waals surface area contributed by atoms with Gasteiger partial charge < -0.3 is 14.7 Å². The minimum absolute atomic E-state index is 0.0818. The zero-order valence-electron chi connectivity index (χ0n) is 23.2. The first-order valence-corrected chi connectivity index (χ1v) is 16.1. The van der Waals surface area contributed by atoms with Crippen LogP contribution in [0, 0.1) is 17.3 Å². The lowest BCUT2D eigenvalue weighted by molar-refractivity contribution is -0.128. The number of carbonyl (C=O) groups is 1. The summed E-state index contributed by atoms with van der Waals surface area (Å²) in [5.74, 6) is 2.14. The van der Waals surface area contributed by atoms with Crippen LogP contribution in [0.15, 0.2) is 59.5 Å². The normalized spacial score (nSPS) is 24.6. The van der Waals surface area contributed by atoms with Crippen molar-refractivity contribution in [3.63, 3.8) is 0 Å². The molecule has 2 unspecified atom stereocenters. The highest BCUT2D eigenvalue weighted by atomic mass is 32.2. The number of likely N-dealkylation sites (tertiary alicyclic amines) is 3. The summed E-state index contributed by atoms with van der Waals surface area (Å²) in [6, 6.07) is 18.0. The summed E-state index contributed by atoms with van der Waals surface area (Å²) in [5.41, 5.74) is 2.54. The van der Waals surface area contributed by atoms with E-state index in [2.05, 4.69) is 54.0 Å². The molecule has 6 nitrogen and oxygen atoms in total. The molecule has 2 atom stereocenters. The Kier molecular flexibility index (Phi) is 7.99. The van der Waals surface area contributed by atoms with Gasteiger partial charge in [0.05, 0.1) is 4.90 Å². The average Bonchev–Trinajstić information content (AvgIpc) is 3.40. The topological polar surface area (TPSA) is 60.9 Å². The van der Waals surface area contributed by atoms with Crippen LogP contribution < -0.4 is 0 Å². The molecule has 0 N–H and O–H groups in total. The molecule has 7 heteroatoms. The van der Waals surface area contributed by atoms with Gasteiger partial charge in [-0.3, -0.25) is 4.79 Å². The van der Waals surface area contributed by atoms with Crippen LogP contribution in [0.4, 0.5) is 0 Å². The Morgan fingerprint density at radius 2 is 1.63 bits per heavy atom. The van der Waals surface area contributed by atoms with Gasteiger partial charge in [-0.25, -0.2) is 8.42 Å². The fourth-order valence-corrected chi connectivity index (χ4v) is 7.58. The van der Waals surface area contributed by atoms with Gasteiger partial charge in [-0.1, -0.05) is 56.3 Å². The van der Waals surface area contributed by atoms with Crippen LogP contribution in [-0.2, 0) is 21.2 Å². The number of hydrogen-bond acceptors (Lipinski definition) is 5. The number of hydrogen-bond donors (Lipinski definition) is 0. The number of piperidine rings is 1. The number of sulfone groups is 1. The van der Waals surface area contributed by atoms with Crippen molar-refractivity contribution in [2.24, 2.45) is 17.3 Å². The smallest absolute Gasteiger partial charge is 0.223 e. The first-order chi connectivity index (χ1) is 18.1. The van der Waals surface area contributed by atoms with Crippen molar-refractivity contribution in [1.29, 1.82) is 0 Å². The van der Waals surface area contributed by atoms with E-state index in [1.807, 2.05) is 17.0 Å². The lowest BCUT2D eigenvalue weighted by atomic mass is 9.77. The fourth-order valence-electron chi connectivity index (χ4n) is 6.95. The van der Waals surface area contributed by atoms with Crippen LogP contribution in [0.3, 0.4) is 0 Å². The summed E-state index contributed by atoms with van der Waals surface area (Å²) in [7, 11) is -3.21. The Balaban J connectivity index is 1.17. The second kappa shape index (κ2) is 11.1. The molecule has 2 aromatic carbocycles. The standard InChI is InChI=1S/C31H43N3O3S/c1-24(2)18-33-21-27(29(22-33)26-7-5-4-6-8-26)20-32-15-13-31(14-16-32)17-30(35)34(23-31)19-25-9-11-28(12-10-25)38(3,36)37/h4-12,24,27,29H,13-23H2,1-3H3. The van der Waals surface area contributed by atoms with Gasteiger partial charge >= 0.3 is 0 Å². The Morgan fingerprint density at radius 3 is 2.26 bits per heavy atom. The molecule has 3 saturated heterocycles. The summed E-state index contributed by atoms with van der Waals surface area (Å²) in [4.78, 5) is 20.6. The van der Waals surface area contributed by atoms with Crippen molar-refractivity contribution < 1.29 is 13.2 Å². The van der Waals surface area contributed by atoms with Gasteiger partial charge in [0.25, 0.3) is 0 Å². The lowest BCUT2D eigenvalue weighted by Gasteiger charge is -2.40. The van der Waals surface area contributed by atoms with Crippen molar-refractivity contribution in [3.8, 4) is 0 Å². The zero-order chi connectivity index (χ0) is 26.9. The molecule has 3 fully saturated rings. The molecule has 206 valence electrons. The number of amides is 1. The van der Waals surface area contributed by atoms with Gasteiger partial charge in [0.15, 0.2) is 9.84 Å². The molecule has 2 aromatic rings. The van der Waals surface area contributed by atoms with Crippen molar-refractivity contribution in [3.05, 3.63) is 65.7 Å². The van der Waals surface area contributed by atoms with Gasteiger partial charge in [0, 0.05) is 57.9 Å². The molecule has 5 rings (SSSR count). The molecule has 0 aliphatic carbocycles. The van der Waals surface area contributed by atoms with Crippen LogP contribution in [0.2, 0.25) is 0 Å². The zero-order valence-corrected chi connectivity index (χ0v) is 24.0. The molecule has 3 aliphatic rings. The Bertz CT molecular complexity index is 1200. The van der Waals surface area contributed by atoms with Gasteiger partial charge in [-0.05, 0) is 66.4 Å². The number of carbonyl (C=O) groups excluding carboxylic acids is 1. The van der Waals surface area contributed by atoms with Crippen LogP contribution in [0.1, 0.15) is 50.2 Å². The van der Waals surface area contributed by atoms with Gasteiger partial charge in [0.1, 0.15) is 0 Å². The molecule has 3 heterocycles. The first kappa shape index (κ1) is 27.4. The summed E-state index contributed by atoms with van der Waals surface area (Å²) in [6.45, 7) is 12.7. The van der Waals surface area contributed by atoms with E-state index in [1.54, 1.807) is 12.1 Å². The predicted molar refractivity (Wildman–Crippen MR) is 152 cm³/mol.